The molecule has 0 aliphatic rings. The van der Waals surface area contributed by atoms with Gasteiger partial charge >= 0.3 is 0 Å². The summed E-state index contributed by atoms with van der Waals surface area (Å²) in [6.07, 6.45) is 3.68. The highest BCUT2D eigenvalue weighted by molar-refractivity contribution is 6.15. The maximum absolute atomic E-state index is 5.25. The van der Waals surface area contributed by atoms with Crippen LogP contribution < -0.4 is 0 Å². The van der Waals surface area contributed by atoms with Crippen molar-refractivity contribution in [3.05, 3.63) is 170 Å². The van der Waals surface area contributed by atoms with Gasteiger partial charge in [0.1, 0.15) is 5.82 Å². The van der Waals surface area contributed by atoms with Crippen LogP contribution in [0.15, 0.2) is 170 Å². The Kier molecular flexibility index (Phi) is 6.39. The average molecular weight is 641 g/mol. The van der Waals surface area contributed by atoms with Gasteiger partial charge in [0.25, 0.3) is 0 Å². The number of aromatic nitrogens is 6. The molecule has 0 aliphatic carbocycles. The van der Waals surface area contributed by atoms with Gasteiger partial charge in [-0.2, -0.15) is 0 Å². The normalized spacial score (nSPS) is 11.6. The first-order valence-electron chi connectivity index (χ1n) is 16.7. The van der Waals surface area contributed by atoms with E-state index in [4.69, 9.17) is 15.0 Å². The van der Waals surface area contributed by atoms with E-state index < -0.39 is 0 Å². The topological polar surface area (TPSA) is 61.4 Å². The molecule has 0 aliphatic heterocycles. The molecule has 5 heterocycles. The first kappa shape index (κ1) is 28.1. The van der Waals surface area contributed by atoms with Crippen LogP contribution in [0.25, 0.3) is 89.2 Å². The van der Waals surface area contributed by atoms with E-state index in [-0.39, 0.29) is 0 Å². The largest absolute Gasteiger partial charge is 0.308 e. The summed E-state index contributed by atoms with van der Waals surface area (Å²) in [4.78, 5) is 19.8. The lowest BCUT2D eigenvalue weighted by atomic mass is 10.0. The first-order chi connectivity index (χ1) is 24.8. The Bertz CT molecular complexity index is 2800. The molecule has 6 heteroatoms. The minimum Gasteiger partial charge on any atom is -0.308 e. The number of para-hydroxylation sites is 3. The zero-order valence-corrected chi connectivity index (χ0v) is 26.8. The molecule has 6 nitrogen and oxygen atoms in total. The third kappa shape index (κ3) is 4.43. The second-order valence-corrected chi connectivity index (χ2v) is 12.3. The van der Waals surface area contributed by atoms with Gasteiger partial charge in [0, 0.05) is 51.4 Å². The lowest BCUT2D eigenvalue weighted by Gasteiger charge is -2.14. The van der Waals surface area contributed by atoms with Gasteiger partial charge in [-0.1, -0.05) is 97.1 Å². The standard InChI is InChI=1S/C44H28N6/c1-3-13-29(14-4-1)44-47-37(36-20-9-10-25-45-36)28-41(48-44)50-38-21-8-7-17-33(38)34-19-11-18-32(43(34)50)30-23-24-39-35(27-30)42-40(22-12-26-46-42)49(39)31-15-5-2-6-16-31/h1-28H. The van der Waals surface area contributed by atoms with Crippen molar-refractivity contribution in [3.8, 4) is 45.4 Å². The number of hydrogen-bond donors (Lipinski definition) is 0. The molecule has 0 radical (unpaired) electrons. The molecule has 0 unspecified atom stereocenters. The Labute approximate surface area is 287 Å². The Morgan fingerprint density at radius 1 is 0.420 bits per heavy atom. The summed E-state index contributed by atoms with van der Waals surface area (Å²) in [6, 6.07) is 54.6. The van der Waals surface area contributed by atoms with Gasteiger partial charge in [0.15, 0.2) is 5.82 Å². The molecule has 0 atom stereocenters. The summed E-state index contributed by atoms with van der Waals surface area (Å²) in [5.74, 6) is 1.43. The van der Waals surface area contributed by atoms with E-state index >= 15 is 0 Å². The Morgan fingerprint density at radius 3 is 2.02 bits per heavy atom. The van der Waals surface area contributed by atoms with E-state index in [1.54, 1.807) is 6.20 Å². The van der Waals surface area contributed by atoms with Gasteiger partial charge < -0.3 is 4.57 Å². The van der Waals surface area contributed by atoms with E-state index in [1.165, 1.54) is 0 Å². The number of pyridine rings is 2. The molecule has 0 amide bonds. The highest BCUT2D eigenvalue weighted by atomic mass is 15.1. The maximum Gasteiger partial charge on any atom is 0.162 e. The fourth-order valence-electron chi connectivity index (χ4n) is 7.26. The van der Waals surface area contributed by atoms with Crippen LogP contribution in [0.3, 0.4) is 0 Å². The number of benzene rings is 5. The zero-order valence-electron chi connectivity index (χ0n) is 26.8. The molecule has 0 fully saturated rings. The summed E-state index contributed by atoms with van der Waals surface area (Å²) in [7, 11) is 0. The molecule has 5 aromatic carbocycles. The minimum atomic E-state index is 0.647. The molecule has 10 rings (SSSR count). The summed E-state index contributed by atoms with van der Waals surface area (Å²) in [5, 5.41) is 3.42. The SMILES string of the molecule is c1ccc(-c2nc(-c3ccccn3)cc(-n3c4ccccc4c4cccc(-c5ccc6c(c5)c5ncccc5n6-c5ccccc5)c43)n2)cc1. The fourth-order valence-corrected chi connectivity index (χ4v) is 7.26. The van der Waals surface area contributed by atoms with Crippen molar-refractivity contribution in [3.63, 3.8) is 0 Å². The van der Waals surface area contributed by atoms with Crippen molar-refractivity contribution in [1.82, 2.24) is 29.1 Å². The van der Waals surface area contributed by atoms with Gasteiger partial charge in [-0.05, 0) is 60.2 Å². The Morgan fingerprint density at radius 2 is 1.16 bits per heavy atom. The van der Waals surface area contributed by atoms with Crippen LogP contribution in [0.2, 0.25) is 0 Å². The smallest absolute Gasteiger partial charge is 0.162 e. The van der Waals surface area contributed by atoms with Crippen LogP contribution >= 0.6 is 0 Å². The molecule has 10 aromatic rings. The summed E-state index contributed by atoms with van der Waals surface area (Å²) in [6.45, 7) is 0. The van der Waals surface area contributed by atoms with Crippen molar-refractivity contribution in [2.24, 2.45) is 0 Å². The molecular weight excluding hydrogens is 613 g/mol. The van der Waals surface area contributed by atoms with Crippen molar-refractivity contribution in [2.75, 3.05) is 0 Å². The van der Waals surface area contributed by atoms with Crippen LogP contribution in [-0.2, 0) is 0 Å². The summed E-state index contributed by atoms with van der Waals surface area (Å²) >= 11 is 0. The third-order valence-electron chi connectivity index (χ3n) is 9.44. The molecule has 0 spiro atoms. The fraction of sp³-hybridized carbons (Fsp3) is 0. The monoisotopic (exact) mass is 640 g/mol. The number of nitrogens with zero attached hydrogens (tertiary/aromatic N) is 6. The van der Waals surface area contributed by atoms with E-state index in [1.807, 2.05) is 66.9 Å². The van der Waals surface area contributed by atoms with Gasteiger partial charge in [-0.15, -0.1) is 0 Å². The first-order valence-corrected chi connectivity index (χ1v) is 16.7. The third-order valence-corrected chi connectivity index (χ3v) is 9.44. The second kappa shape index (κ2) is 11.4. The van der Waals surface area contributed by atoms with Crippen molar-refractivity contribution >= 4 is 43.7 Å². The van der Waals surface area contributed by atoms with Gasteiger partial charge in [0.05, 0.1) is 39.0 Å². The van der Waals surface area contributed by atoms with Crippen molar-refractivity contribution in [2.45, 2.75) is 0 Å². The molecular formula is C44H28N6. The molecule has 0 saturated heterocycles. The van der Waals surface area contributed by atoms with Crippen LogP contribution in [0.4, 0.5) is 0 Å². The van der Waals surface area contributed by atoms with Gasteiger partial charge in [-0.3, -0.25) is 14.5 Å². The summed E-state index contributed by atoms with van der Waals surface area (Å²) < 4.78 is 4.58. The minimum absolute atomic E-state index is 0.647. The van der Waals surface area contributed by atoms with Crippen LogP contribution in [0, 0.1) is 0 Å². The quantitative estimate of drug-likeness (QED) is 0.188. The van der Waals surface area contributed by atoms with Gasteiger partial charge in [-0.25, -0.2) is 9.97 Å². The lowest BCUT2D eigenvalue weighted by molar-refractivity contribution is 1.04. The number of rotatable bonds is 5. The molecule has 234 valence electrons. The number of hydrogen-bond acceptors (Lipinski definition) is 4. The van der Waals surface area contributed by atoms with E-state index in [0.717, 1.165) is 83.3 Å². The lowest BCUT2D eigenvalue weighted by Crippen LogP contribution is -2.03. The molecule has 0 N–H and O–H groups in total. The van der Waals surface area contributed by atoms with Crippen LogP contribution in [-0.4, -0.2) is 29.1 Å². The van der Waals surface area contributed by atoms with Crippen LogP contribution in [0.1, 0.15) is 0 Å². The van der Waals surface area contributed by atoms with Crippen LogP contribution in [0.5, 0.6) is 0 Å². The predicted molar refractivity (Wildman–Crippen MR) is 203 cm³/mol. The van der Waals surface area contributed by atoms with E-state index in [0.29, 0.717) is 5.82 Å². The summed E-state index contributed by atoms with van der Waals surface area (Å²) in [5.41, 5.74) is 11.1. The number of fused-ring (bicyclic) bond motifs is 6. The van der Waals surface area contributed by atoms with Gasteiger partial charge in [0.2, 0.25) is 0 Å². The second-order valence-electron chi connectivity index (χ2n) is 12.3. The Hall–Kier alpha value is -6.92. The highest BCUT2D eigenvalue weighted by Crippen LogP contribution is 2.40. The molecule has 5 aromatic heterocycles. The maximum atomic E-state index is 5.25. The van der Waals surface area contributed by atoms with E-state index in [2.05, 4.69) is 111 Å². The molecule has 0 saturated carbocycles. The highest BCUT2D eigenvalue weighted by Gasteiger charge is 2.21. The zero-order chi connectivity index (χ0) is 33.0. The van der Waals surface area contributed by atoms with E-state index in [9.17, 15) is 0 Å². The van der Waals surface area contributed by atoms with Crippen molar-refractivity contribution < 1.29 is 0 Å². The Balaban J connectivity index is 1.27. The average Bonchev–Trinajstić information content (AvgIpc) is 3.71. The predicted octanol–water partition coefficient (Wildman–Crippen LogP) is 10.5. The molecule has 0 bridgehead atoms. The molecule has 50 heavy (non-hydrogen) atoms. The van der Waals surface area contributed by atoms with Crippen molar-refractivity contribution in [1.29, 1.82) is 0 Å².